The van der Waals surface area contributed by atoms with Crippen LogP contribution in [0, 0.1) is 0 Å². The van der Waals surface area contributed by atoms with Crippen molar-refractivity contribution in [3.63, 3.8) is 0 Å². The van der Waals surface area contributed by atoms with Crippen LogP contribution < -0.4 is 11.1 Å². The molecule has 0 radical (unpaired) electrons. The fraction of sp³-hybridized carbons (Fsp3) is 0.350. The molecule has 1 amide bonds. The lowest BCUT2D eigenvalue weighted by molar-refractivity contribution is -0.114. The molecule has 1 heterocycles. The zero-order valence-corrected chi connectivity index (χ0v) is 14.5. The highest BCUT2D eigenvalue weighted by molar-refractivity contribution is 5.92. The second kappa shape index (κ2) is 8.76. The lowest BCUT2D eigenvalue weighted by Crippen LogP contribution is -2.45. The van der Waals surface area contributed by atoms with E-state index in [0.29, 0.717) is 0 Å². The van der Waals surface area contributed by atoms with Gasteiger partial charge in [0.1, 0.15) is 0 Å². The van der Waals surface area contributed by atoms with Crippen molar-refractivity contribution in [2.24, 2.45) is 5.73 Å². The topological polar surface area (TPSA) is 61.6 Å². The third kappa shape index (κ3) is 5.39. The first-order valence-electron chi connectivity index (χ1n) is 8.80. The van der Waals surface area contributed by atoms with Crippen LogP contribution in [-0.2, 0) is 17.9 Å². The van der Waals surface area contributed by atoms with Gasteiger partial charge in [-0.1, -0.05) is 42.5 Å². The molecule has 5 heteroatoms. The summed E-state index contributed by atoms with van der Waals surface area (Å²) in [4.78, 5) is 16.3. The number of nitrogens with one attached hydrogen (secondary N) is 1. The summed E-state index contributed by atoms with van der Waals surface area (Å²) in [6.07, 6.45) is 0. The van der Waals surface area contributed by atoms with Crippen LogP contribution in [0.15, 0.2) is 54.6 Å². The molecule has 0 saturated carbocycles. The fourth-order valence-corrected chi connectivity index (χ4v) is 3.11. The van der Waals surface area contributed by atoms with E-state index in [0.717, 1.165) is 45.0 Å². The van der Waals surface area contributed by atoms with Gasteiger partial charge in [-0.3, -0.25) is 14.6 Å². The number of piperazine rings is 1. The second-order valence-electron chi connectivity index (χ2n) is 6.49. The van der Waals surface area contributed by atoms with Crippen molar-refractivity contribution < 1.29 is 4.79 Å². The molecular formula is C20H26N4O. The van der Waals surface area contributed by atoms with Gasteiger partial charge in [-0.15, -0.1) is 0 Å². The number of hydrogen-bond acceptors (Lipinski definition) is 4. The highest BCUT2D eigenvalue weighted by atomic mass is 16.1. The van der Waals surface area contributed by atoms with Crippen LogP contribution >= 0.6 is 0 Å². The number of benzene rings is 2. The number of amides is 1. The third-order valence-corrected chi connectivity index (χ3v) is 4.54. The van der Waals surface area contributed by atoms with E-state index in [1.165, 1.54) is 11.1 Å². The molecule has 3 rings (SSSR count). The quantitative estimate of drug-likeness (QED) is 0.844. The average molecular weight is 338 g/mol. The van der Waals surface area contributed by atoms with Gasteiger partial charge in [0.25, 0.3) is 0 Å². The Morgan fingerprint density at radius 3 is 1.88 bits per heavy atom. The van der Waals surface area contributed by atoms with Gasteiger partial charge in [-0.25, -0.2) is 0 Å². The molecule has 0 bridgehead atoms. The standard InChI is InChI=1S/C20H26N4O/c21-14-20(25)22-19-8-6-18(7-9-19)16-24-12-10-23(11-13-24)15-17-4-2-1-3-5-17/h1-9H,10-16,21H2,(H,22,25). The Kier molecular flexibility index (Phi) is 6.17. The zero-order chi connectivity index (χ0) is 17.5. The minimum atomic E-state index is -0.165. The van der Waals surface area contributed by atoms with Gasteiger partial charge in [0, 0.05) is 45.0 Å². The molecular weight excluding hydrogens is 312 g/mol. The van der Waals surface area contributed by atoms with E-state index in [1.807, 2.05) is 12.1 Å². The van der Waals surface area contributed by atoms with Crippen molar-refractivity contribution in [3.8, 4) is 0 Å². The van der Waals surface area contributed by atoms with Crippen LogP contribution in [0.3, 0.4) is 0 Å². The van der Waals surface area contributed by atoms with E-state index < -0.39 is 0 Å². The Labute approximate surface area is 149 Å². The maximum absolute atomic E-state index is 11.3. The minimum Gasteiger partial charge on any atom is -0.325 e. The van der Waals surface area contributed by atoms with Crippen LogP contribution in [-0.4, -0.2) is 48.4 Å². The molecule has 0 aromatic heterocycles. The van der Waals surface area contributed by atoms with Crippen molar-refractivity contribution >= 4 is 11.6 Å². The van der Waals surface area contributed by atoms with E-state index in [-0.39, 0.29) is 12.5 Å². The molecule has 132 valence electrons. The Bertz CT molecular complexity index is 664. The average Bonchev–Trinajstić information content (AvgIpc) is 2.66. The highest BCUT2D eigenvalue weighted by Gasteiger charge is 2.17. The smallest absolute Gasteiger partial charge is 0.238 e. The predicted octanol–water partition coefficient (Wildman–Crippen LogP) is 1.90. The van der Waals surface area contributed by atoms with E-state index in [4.69, 9.17) is 5.73 Å². The number of nitrogens with zero attached hydrogens (tertiary/aromatic N) is 2. The first-order chi connectivity index (χ1) is 12.2. The molecule has 3 N–H and O–H groups in total. The molecule has 5 nitrogen and oxygen atoms in total. The second-order valence-corrected chi connectivity index (χ2v) is 6.49. The Morgan fingerprint density at radius 2 is 1.36 bits per heavy atom. The van der Waals surface area contributed by atoms with Gasteiger partial charge in [-0.05, 0) is 23.3 Å². The Balaban J connectivity index is 1.45. The Hall–Kier alpha value is -2.21. The predicted molar refractivity (Wildman–Crippen MR) is 101 cm³/mol. The van der Waals surface area contributed by atoms with E-state index in [2.05, 4.69) is 57.6 Å². The highest BCUT2D eigenvalue weighted by Crippen LogP contribution is 2.14. The minimum absolute atomic E-state index is 0.00894. The SMILES string of the molecule is NCC(=O)Nc1ccc(CN2CCN(Cc3ccccc3)CC2)cc1. The van der Waals surface area contributed by atoms with Crippen LogP contribution in [0.25, 0.3) is 0 Å². The van der Waals surface area contributed by atoms with E-state index in [9.17, 15) is 4.79 Å². The largest absolute Gasteiger partial charge is 0.325 e. The molecule has 1 aliphatic heterocycles. The molecule has 0 atom stereocenters. The van der Waals surface area contributed by atoms with Gasteiger partial charge < -0.3 is 11.1 Å². The number of rotatable bonds is 6. The van der Waals surface area contributed by atoms with Gasteiger partial charge in [0.2, 0.25) is 5.91 Å². The summed E-state index contributed by atoms with van der Waals surface area (Å²) in [5.41, 5.74) is 8.76. The van der Waals surface area contributed by atoms with E-state index in [1.54, 1.807) is 0 Å². The van der Waals surface area contributed by atoms with Crippen molar-refractivity contribution in [2.75, 3.05) is 38.0 Å². The summed E-state index contributed by atoms with van der Waals surface area (Å²) in [6, 6.07) is 18.7. The maximum Gasteiger partial charge on any atom is 0.238 e. The maximum atomic E-state index is 11.3. The summed E-state index contributed by atoms with van der Waals surface area (Å²) in [7, 11) is 0. The normalized spacial score (nSPS) is 15.9. The number of hydrogen-bond donors (Lipinski definition) is 2. The Morgan fingerprint density at radius 1 is 0.840 bits per heavy atom. The molecule has 1 aliphatic rings. The van der Waals surface area contributed by atoms with E-state index >= 15 is 0 Å². The molecule has 1 fully saturated rings. The van der Waals surface area contributed by atoms with Gasteiger partial charge in [-0.2, -0.15) is 0 Å². The van der Waals surface area contributed by atoms with Gasteiger partial charge in [0.05, 0.1) is 6.54 Å². The van der Waals surface area contributed by atoms with Gasteiger partial charge in [0.15, 0.2) is 0 Å². The van der Waals surface area contributed by atoms with Crippen LogP contribution in [0.5, 0.6) is 0 Å². The molecule has 25 heavy (non-hydrogen) atoms. The van der Waals surface area contributed by atoms with Crippen LogP contribution in [0.4, 0.5) is 5.69 Å². The van der Waals surface area contributed by atoms with Crippen molar-refractivity contribution in [1.29, 1.82) is 0 Å². The first-order valence-corrected chi connectivity index (χ1v) is 8.80. The fourth-order valence-electron chi connectivity index (χ4n) is 3.11. The lowest BCUT2D eigenvalue weighted by atomic mass is 10.1. The molecule has 2 aromatic carbocycles. The van der Waals surface area contributed by atoms with Crippen LogP contribution in [0.1, 0.15) is 11.1 Å². The zero-order valence-electron chi connectivity index (χ0n) is 14.5. The molecule has 1 saturated heterocycles. The van der Waals surface area contributed by atoms with Crippen molar-refractivity contribution in [1.82, 2.24) is 9.80 Å². The molecule has 0 aliphatic carbocycles. The number of carbonyl (C=O) groups excluding carboxylic acids is 1. The molecule has 0 unspecified atom stereocenters. The monoisotopic (exact) mass is 338 g/mol. The molecule has 0 spiro atoms. The van der Waals surface area contributed by atoms with Crippen LogP contribution in [0.2, 0.25) is 0 Å². The van der Waals surface area contributed by atoms with Gasteiger partial charge >= 0.3 is 0 Å². The number of anilines is 1. The third-order valence-electron chi connectivity index (χ3n) is 4.54. The summed E-state index contributed by atoms with van der Waals surface area (Å²) >= 11 is 0. The summed E-state index contributed by atoms with van der Waals surface area (Å²) < 4.78 is 0. The van der Waals surface area contributed by atoms with Crippen molar-refractivity contribution in [3.05, 3.63) is 65.7 Å². The molecule has 2 aromatic rings. The number of carbonyl (C=O) groups is 1. The lowest BCUT2D eigenvalue weighted by Gasteiger charge is -2.34. The summed E-state index contributed by atoms with van der Waals surface area (Å²) in [6.45, 7) is 6.35. The summed E-state index contributed by atoms with van der Waals surface area (Å²) in [5.74, 6) is -0.165. The summed E-state index contributed by atoms with van der Waals surface area (Å²) in [5, 5.41) is 2.77. The number of nitrogens with two attached hydrogens (primary N) is 1. The first kappa shape index (κ1) is 17.6. The van der Waals surface area contributed by atoms with Crippen molar-refractivity contribution in [2.45, 2.75) is 13.1 Å².